The van der Waals surface area contributed by atoms with E-state index >= 15 is 0 Å². The Balaban J connectivity index is 1.65. The number of hydrogen-bond acceptors (Lipinski definition) is 4. The first-order chi connectivity index (χ1) is 9.56. The summed E-state index contributed by atoms with van der Waals surface area (Å²) in [6.07, 6.45) is 2.93. The maximum absolute atomic E-state index is 12.2. The van der Waals surface area contributed by atoms with E-state index < -0.39 is 0 Å². The molecule has 0 unspecified atom stereocenters. The van der Waals surface area contributed by atoms with Crippen LogP contribution in [0.2, 0.25) is 0 Å². The van der Waals surface area contributed by atoms with Crippen LogP contribution in [0.25, 0.3) is 0 Å². The normalized spacial score (nSPS) is 29.6. The first-order valence-electron chi connectivity index (χ1n) is 7.96. The zero-order valence-electron chi connectivity index (χ0n) is 13.1. The Morgan fingerprint density at radius 2 is 1.85 bits per heavy atom. The van der Waals surface area contributed by atoms with Crippen LogP contribution in [0, 0.1) is 0 Å². The average Bonchev–Trinajstić information content (AvgIpc) is 2.90. The maximum Gasteiger partial charge on any atom is 0.239 e. The summed E-state index contributed by atoms with van der Waals surface area (Å²) in [6.45, 7) is 11.9. The lowest BCUT2D eigenvalue weighted by molar-refractivity contribution is -0.132. The monoisotopic (exact) mass is 283 g/mol. The van der Waals surface area contributed by atoms with Crippen LogP contribution in [-0.2, 0) is 9.53 Å². The second-order valence-electron chi connectivity index (χ2n) is 6.23. The van der Waals surface area contributed by atoms with E-state index in [9.17, 15) is 4.79 Å². The Kier molecular flexibility index (Phi) is 5.81. The van der Waals surface area contributed by atoms with E-state index in [2.05, 4.69) is 24.1 Å². The number of morpholine rings is 1. The molecule has 2 fully saturated rings. The number of rotatable bonds is 5. The van der Waals surface area contributed by atoms with E-state index in [0.29, 0.717) is 12.2 Å². The molecular formula is C15H29N3O2. The molecule has 0 aromatic rings. The zero-order valence-corrected chi connectivity index (χ0v) is 13.1. The van der Waals surface area contributed by atoms with E-state index in [-0.39, 0.29) is 11.9 Å². The van der Waals surface area contributed by atoms with Gasteiger partial charge in [0.25, 0.3) is 0 Å². The van der Waals surface area contributed by atoms with Gasteiger partial charge in [0.15, 0.2) is 0 Å². The highest BCUT2D eigenvalue weighted by atomic mass is 16.5. The summed E-state index contributed by atoms with van der Waals surface area (Å²) in [5, 5.41) is 3.36. The van der Waals surface area contributed by atoms with Crippen molar-refractivity contribution in [1.82, 2.24) is 15.1 Å². The molecule has 2 aliphatic heterocycles. The Bertz CT molecular complexity index is 308. The molecule has 0 bridgehead atoms. The second kappa shape index (κ2) is 7.38. The molecule has 2 rings (SSSR count). The van der Waals surface area contributed by atoms with Crippen LogP contribution in [0.5, 0.6) is 0 Å². The van der Waals surface area contributed by atoms with Gasteiger partial charge in [-0.05, 0) is 33.6 Å². The molecule has 0 aromatic heterocycles. The van der Waals surface area contributed by atoms with Crippen LogP contribution in [0.3, 0.4) is 0 Å². The van der Waals surface area contributed by atoms with Crippen LogP contribution in [0.1, 0.15) is 33.6 Å². The summed E-state index contributed by atoms with van der Waals surface area (Å²) < 4.78 is 5.73. The minimum Gasteiger partial charge on any atom is -0.373 e. The number of nitrogens with zero attached hydrogens (tertiary/aromatic N) is 2. The van der Waals surface area contributed by atoms with E-state index in [1.807, 2.05) is 11.8 Å². The van der Waals surface area contributed by atoms with Gasteiger partial charge in [-0.1, -0.05) is 0 Å². The molecule has 0 spiro atoms. The summed E-state index contributed by atoms with van der Waals surface area (Å²) >= 11 is 0. The van der Waals surface area contributed by atoms with Crippen molar-refractivity contribution in [2.45, 2.75) is 51.9 Å². The number of hydrogen-bond donors (Lipinski definition) is 1. The van der Waals surface area contributed by atoms with Gasteiger partial charge in [-0.2, -0.15) is 0 Å². The number of likely N-dealkylation sites (tertiary alicyclic amines) is 1. The topological polar surface area (TPSA) is 44.8 Å². The third-order valence-electron chi connectivity index (χ3n) is 4.16. The van der Waals surface area contributed by atoms with Crippen LogP contribution in [0.4, 0.5) is 0 Å². The molecule has 5 heteroatoms. The fraction of sp³-hybridized carbons (Fsp3) is 0.933. The molecule has 0 aliphatic carbocycles. The van der Waals surface area contributed by atoms with Gasteiger partial charge >= 0.3 is 0 Å². The Morgan fingerprint density at radius 3 is 2.45 bits per heavy atom. The fourth-order valence-corrected chi connectivity index (χ4v) is 3.20. The van der Waals surface area contributed by atoms with Crippen molar-refractivity contribution in [2.75, 3.05) is 39.3 Å². The third-order valence-corrected chi connectivity index (χ3v) is 4.16. The summed E-state index contributed by atoms with van der Waals surface area (Å²) in [6, 6.07) is -0.0658. The SMILES string of the molecule is C[C@@H]1CN(CCN[C@H](C)C(=O)N2CCCC2)C[C@H](C)O1. The minimum absolute atomic E-state index is 0.0658. The number of amides is 1. The standard InChI is InChI=1S/C15H29N3O2/c1-12-10-17(11-13(2)20-12)9-6-16-14(3)15(19)18-7-4-5-8-18/h12-14,16H,4-11H2,1-3H3/t12-,13+,14-/m1/s1. The molecule has 1 N–H and O–H groups in total. The maximum atomic E-state index is 12.2. The van der Waals surface area contributed by atoms with E-state index in [1.165, 1.54) is 0 Å². The van der Waals surface area contributed by atoms with Crippen molar-refractivity contribution >= 4 is 5.91 Å². The molecule has 1 amide bonds. The quantitative estimate of drug-likeness (QED) is 0.806. The number of carbonyl (C=O) groups is 1. The third kappa shape index (κ3) is 4.43. The van der Waals surface area contributed by atoms with Gasteiger partial charge in [0.05, 0.1) is 18.2 Å². The summed E-state index contributed by atoms with van der Waals surface area (Å²) in [4.78, 5) is 16.6. The second-order valence-corrected chi connectivity index (χ2v) is 6.23. The molecule has 3 atom stereocenters. The highest BCUT2D eigenvalue weighted by Crippen LogP contribution is 2.10. The lowest BCUT2D eigenvalue weighted by Crippen LogP contribution is -2.50. The fourth-order valence-electron chi connectivity index (χ4n) is 3.20. The molecular weight excluding hydrogens is 254 g/mol. The summed E-state index contributed by atoms with van der Waals surface area (Å²) in [7, 11) is 0. The van der Waals surface area contributed by atoms with Crippen molar-refractivity contribution in [3.63, 3.8) is 0 Å². The van der Waals surface area contributed by atoms with Crippen molar-refractivity contribution < 1.29 is 9.53 Å². The molecule has 5 nitrogen and oxygen atoms in total. The summed E-state index contributed by atoms with van der Waals surface area (Å²) in [5.74, 6) is 0.256. The van der Waals surface area contributed by atoms with Crippen LogP contribution >= 0.6 is 0 Å². The highest BCUT2D eigenvalue weighted by molar-refractivity contribution is 5.81. The molecule has 2 saturated heterocycles. The van der Waals surface area contributed by atoms with Gasteiger partial charge in [0, 0.05) is 39.3 Å². The van der Waals surface area contributed by atoms with Crippen LogP contribution in [-0.4, -0.2) is 73.2 Å². The smallest absolute Gasteiger partial charge is 0.239 e. The van der Waals surface area contributed by atoms with Gasteiger partial charge in [-0.15, -0.1) is 0 Å². The van der Waals surface area contributed by atoms with E-state index in [1.54, 1.807) is 0 Å². The molecule has 116 valence electrons. The number of ether oxygens (including phenoxy) is 1. The first kappa shape index (κ1) is 15.7. The van der Waals surface area contributed by atoms with Crippen molar-refractivity contribution in [3.8, 4) is 0 Å². The molecule has 20 heavy (non-hydrogen) atoms. The largest absolute Gasteiger partial charge is 0.373 e. The lowest BCUT2D eigenvalue weighted by atomic mass is 10.2. The average molecular weight is 283 g/mol. The Morgan fingerprint density at radius 1 is 1.25 bits per heavy atom. The minimum atomic E-state index is -0.0658. The van der Waals surface area contributed by atoms with E-state index in [0.717, 1.165) is 52.1 Å². The lowest BCUT2D eigenvalue weighted by Gasteiger charge is -2.35. The first-order valence-corrected chi connectivity index (χ1v) is 7.96. The van der Waals surface area contributed by atoms with Crippen molar-refractivity contribution in [1.29, 1.82) is 0 Å². The molecule has 0 aromatic carbocycles. The predicted octanol–water partition coefficient (Wildman–Crippen LogP) is 0.696. The highest BCUT2D eigenvalue weighted by Gasteiger charge is 2.24. The number of nitrogens with one attached hydrogen (secondary N) is 1. The molecule has 2 heterocycles. The van der Waals surface area contributed by atoms with Crippen molar-refractivity contribution in [2.24, 2.45) is 0 Å². The van der Waals surface area contributed by atoms with Gasteiger partial charge in [-0.25, -0.2) is 0 Å². The van der Waals surface area contributed by atoms with Crippen LogP contribution in [0.15, 0.2) is 0 Å². The van der Waals surface area contributed by atoms with Gasteiger partial charge in [0.1, 0.15) is 0 Å². The van der Waals surface area contributed by atoms with Gasteiger partial charge in [-0.3, -0.25) is 9.69 Å². The van der Waals surface area contributed by atoms with E-state index in [4.69, 9.17) is 4.74 Å². The summed E-state index contributed by atoms with van der Waals surface area (Å²) in [5.41, 5.74) is 0. The van der Waals surface area contributed by atoms with Crippen LogP contribution < -0.4 is 5.32 Å². The Hall–Kier alpha value is -0.650. The Labute approximate surface area is 122 Å². The van der Waals surface area contributed by atoms with Crippen molar-refractivity contribution in [3.05, 3.63) is 0 Å². The van der Waals surface area contributed by atoms with Gasteiger partial charge in [0.2, 0.25) is 5.91 Å². The number of carbonyl (C=O) groups excluding carboxylic acids is 1. The molecule has 0 saturated carbocycles. The zero-order chi connectivity index (χ0) is 14.5. The molecule has 0 radical (unpaired) electrons. The van der Waals surface area contributed by atoms with Gasteiger partial charge < -0.3 is 15.0 Å². The molecule has 2 aliphatic rings. The predicted molar refractivity (Wildman–Crippen MR) is 79.7 cm³/mol.